The molecule has 0 bridgehead atoms. The zero-order chi connectivity index (χ0) is 42.1. The second kappa shape index (κ2) is 14.5. The van der Waals surface area contributed by atoms with Crippen LogP contribution in [0.4, 0.5) is 17.1 Å². The second-order valence-corrected chi connectivity index (χ2v) is 16.8. The fraction of sp³-hybridized carbons (Fsp3) is 0.0517. The van der Waals surface area contributed by atoms with E-state index < -0.39 is 0 Å². The van der Waals surface area contributed by atoms with Gasteiger partial charge in [-0.1, -0.05) is 178 Å². The summed E-state index contributed by atoms with van der Waals surface area (Å²) in [5.41, 5.74) is 15.0. The summed E-state index contributed by atoms with van der Waals surface area (Å²) in [5.74, 6) is 1.84. The summed E-state index contributed by atoms with van der Waals surface area (Å²) >= 11 is 0. The van der Waals surface area contributed by atoms with Gasteiger partial charge in [0.1, 0.15) is 11.2 Å². The van der Waals surface area contributed by atoms with Crippen LogP contribution < -0.4 is 4.90 Å². The monoisotopic (exact) mass is 808 g/mol. The molecule has 0 saturated carbocycles. The summed E-state index contributed by atoms with van der Waals surface area (Å²) < 4.78 is 6.52. The Balaban J connectivity index is 0.992. The van der Waals surface area contributed by atoms with Gasteiger partial charge < -0.3 is 9.32 Å². The Hall–Kier alpha value is -8.15. The molecule has 1 aliphatic rings. The van der Waals surface area contributed by atoms with Gasteiger partial charge in [-0.2, -0.15) is 0 Å². The Morgan fingerprint density at radius 1 is 0.413 bits per heavy atom. The fourth-order valence-electron chi connectivity index (χ4n) is 9.74. The number of aromatic nitrogens is 3. The molecule has 1 aliphatic carbocycles. The zero-order valence-corrected chi connectivity index (χ0v) is 34.8. The standard InChI is InChI=1S/C58H40N4O/c1-58(2)48-26-12-11-23-44(48)45-24-14-28-50(54(45)58)62(49-27-13-21-38-16-9-10-22-43(38)49)42-33-30-37(31-34-42)41-32-35-51-47(36-41)53-46(25-15-29-52(53)63-51)57-60-55(39-17-5-3-6-18-39)59-56(61-57)40-19-7-4-8-20-40/h3-36H,1-2H3. The van der Waals surface area contributed by atoms with Crippen molar-refractivity contribution < 1.29 is 4.42 Å². The number of furan rings is 1. The lowest BCUT2D eigenvalue weighted by Crippen LogP contribution is -2.20. The van der Waals surface area contributed by atoms with Gasteiger partial charge in [0, 0.05) is 44.0 Å². The van der Waals surface area contributed by atoms with E-state index in [-0.39, 0.29) is 5.41 Å². The van der Waals surface area contributed by atoms with E-state index >= 15 is 0 Å². The maximum Gasteiger partial charge on any atom is 0.164 e. The molecule has 0 amide bonds. The summed E-state index contributed by atoms with van der Waals surface area (Å²) in [6.07, 6.45) is 0. The molecule has 0 aliphatic heterocycles. The van der Waals surface area contributed by atoms with E-state index in [2.05, 4.69) is 152 Å². The number of rotatable bonds is 7. The molecule has 5 heteroatoms. The predicted molar refractivity (Wildman–Crippen MR) is 259 cm³/mol. The maximum atomic E-state index is 6.52. The second-order valence-electron chi connectivity index (χ2n) is 16.8. The van der Waals surface area contributed by atoms with Crippen LogP contribution in [-0.2, 0) is 5.41 Å². The summed E-state index contributed by atoms with van der Waals surface area (Å²) in [5, 5.41) is 4.38. The van der Waals surface area contributed by atoms with Crippen LogP contribution in [0.15, 0.2) is 211 Å². The summed E-state index contributed by atoms with van der Waals surface area (Å²) in [4.78, 5) is 17.6. The number of hydrogen-bond donors (Lipinski definition) is 0. The smallest absolute Gasteiger partial charge is 0.164 e. The molecular weight excluding hydrogens is 769 g/mol. The predicted octanol–water partition coefficient (Wildman–Crippen LogP) is 15.4. The molecule has 298 valence electrons. The average molecular weight is 809 g/mol. The fourth-order valence-corrected chi connectivity index (χ4v) is 9.74. The topological polar surface area (TPSA) is 55.1 Å². The first-order chi connectivity index (χ1) is 31.0. The molecule has 0 radical (unpaired) electrons. The first-order valence-corrected chi connectivity index (χ1v) is 21.4. The molecule has 9 aromatic carbocycles. The van der Waals surface area contributed by atoms with Gasteiger partial charge >= 0.3 is 0 Å². The van der Waals surface area contributed by atoms with Crippen molar-refractivity contribution in [2.24, 2.45) is 0 Å². The highest BCUT2D eigenvalue weighted by Gasteiger charge is 2.39. The maximum absolute atomic E-state index is 6.52. The van der Waals surface area contributed by atoms with E-state index in [4.69, 9.17) is 19.4 Å². The van der Waals surface area contributed by atoms with Crippen molar-refractivity contribution in [3.8, 4) is 56.4 Å². The number of anilines is 3. The van der Waals surface area contributed by atoms with Crippen molar-refractivity contribution in [2.75, 3.05) is 4.90 Å². The number of nitrogens with zero attached hydrogens (tertiary/aromatic N) is 4. The van der Waals surface area contributed by atoms with E-state index in [0.29, 0.717) is 17.5 Å². The average Bonchev–Trinajstić information content (AvgIpc) is 3.84. The minimum Gasteiger partial charge on any atom is -0.456 e. The Labute approximate surface area is 365 Å². The lowest BCUT2D eigenvalue weighted by atomic mass is 9.81. The Bertz CT molecular complexity index is 3480. The first-order valence-electron chi connectivity index (χ1n) is 21.4. The van der Waals surface area contributed by atoms with Gasteiger partial charge in [0.05, 0.1) is 11.4 Å². The van der Waals surface area contributed by atoms with E-state index in [0.717, 1.165) is 61.1 Å². The molecular formula is C58H40N4O. The molecule has 0 fully saturated rings. The first kappa shape index (κ1) is 36.7. The van der Waals surface area contributed by atoms with Crippen LogP contribution in [0.5, 0.6) is 0 Å². The van der Waals surface area contributed by atoms with Gasteiger partial charge in [0.25, 0.3) is 0 Å². The van der Waals surface area contributed by atoms with Crippen LogP contribution in [-0.4, -0.2) is 15.0 Å². The lowest BCUT2D eigenvalue weighted by molar-refractivity contribution is 0.661. The highest BCUT2D eigenvalue weighted by Crippen LogP contribution is 2.54. The summed E-state index contributed by atoms with van der Waals surface area (Å²) in [6.45, 7) is 4.72. The number of benzene rings is 9. The third-order valence-electron chi connectivity index (χ3n) is 12.7. The molecule has 0 atom stereocenters. The third kappa shape index (κ3) is 6.04. The van der Waals surface area contributed by atoms with Crippen LogP contribution in [0.2, 0.25) is 0 Å². The molecule has 0 unspecified atom stereocenters. The highest BCUT2D eigenvalue weighted by atomic mass is 16.3. The van der Waals surface area contributed by atoms with Gasteiger partial charge in [-0.05, 0) is 81.2 Å². The van der Waals surface area contributed by atoms with Crippen molar-refractivity contribution in [1.82, 2.24) is 15.0 Å². The van der Waals surface area contributed by atoms with Crippen molar-refractivity contribution in [1.29, 1.82) is 0 Å². The molecule has 2 aromatic heterocycles. The molecule has 5 nitrogen and oxygen atoms in total. The quantitative estimate of drug-likeness (QED) is 0.160. The van der Waals surface area contributed by atoms with Crippen LogP contribution >= 0.6 is 0 Å². The molecule has 2 heterocycles. The lowest BCUT2D eigenvalue weighted by Gasteiger charge is -2.33. The van der Waals surface area contributed by atoms with Crippen molar-refractivity contribution in [3.05, 3.63) is 217 Å². The largest absolute Gasteiger partial charge is 0.456 e. The van der Waals surface area contributed by atoms with Crippen molar-refractivity contribution in [2.45, 2.75) is 19.3 Å². The van der Waals surface area contributed by atoms with Gasteiger partial charge in [-0.15, -0.1) is 0 Å². The highest BCUT2D eigenvalue weighted by molar-refractivity contribution is 6.13. The zero-order valence-electron chi connectivity index (χ0n) is 34.8. The van der Waals surface area contributed by atoms with E-state index in [1.165, 1.54) is 38.7 Å². The Morgan fingerprint density at radius 2 is 1.00 bits per heavy atom. The number of hydrogen-bond acceptors (Lipinski definition) is 5. The molecule has 0 spiro atoms. The van der Waals surface area contributed by atoms with Gasteiger partial charge in [-0.25, -0.2) is 15.0 Å². The van der Waals surface area contributed by atoms with Crippen molar-refractivity contribution in [3.63, 3.8) is 0 Å². The molecule has 11 aromatic rings. The van der Waals surface area contributed by atoms with Crippen LogP contribution in [0.1, 0.15) is 25.0 Å². The minimum absolute atomic E-state index is 0.194. The van der Waals surface area contributed by atoms with Crippen LogP contribution in [0.3, 0.4) is 0 Å². The van der Waals surface area contributed by atoms with Gasteiger partial charge in [0.15, 0.2) is 17.5 Å². The molecule has 63 heavy (non-hydrogen) atoms. The number of fused-ring (bicyclic) bond motifs is 7. The van der Waals surface area contributed by atoms with Crippen LogP contribution in [0.25, 0.3) is 89.1 Å². The molecule has 0 saturated heterocycles. The van der Waals surface area contributed by atoms with Crippen LogP contribution in [0, 0.1) is 0 Å². The SMILES string of the molecule is CC1(C)c2ccccc2-c2cccc(N(c3ccc(-c4ccc5oc6cccc(-c7nc(-c8ccccc8)nc(-c8ccccc8)n7)c6c5c4)cc3)c3cccc4ccccc34)c21. The minimum atomic E-state index is -0.194. The van der Waals surface area contributed by atoms with E-state index in [1.54, 1.807) is 0 Å². The Morgan fingerprint density at radius 3 is 1.78 bits per heavy atom. The van der Waals surface area contributed by atoms with E-state index in [9.17, 15) is 0 Å². The molecule has 0 N–H and O–H groups in total. The molecule has 12 rings (SSSR count). The summed E-state index contributed by atoms with van der Waals surface area (Å²) in [7, 11) is 0. The Kier molecular flexibility index (Phi) is 8.44. The van der Waals surface area contributed by atoms with Gasteiger partial charge in [0.2, 0.25) is 0 Å². The summed E-state index contributed by atoms with van der Waals surface area (Å²) in [6, 6.07) is 72.7. The van der Waals surface area contributed by atoms with Gasteiger partial charge in [-0.3, -0.25) is 0 Å². The third-order valence-corrected chi connectivity index (χ3v) is 12.7. The van der Waals surface area contributed by atoms with E-state index in [1.807, 2.05) is 72.8 Å². The van der Waals surface area contributed by atoms with Crippen molar-refractivity contribution >= 4 is 49.8 Å². The normalized spacial score (nSPS) is 12.7.